The molecule has 0 unspecified atom stereocenters. The molecule has 0 aromatic heterocycles. The van der Waals surface area contributed by atoms with Gasteiger partial charge in [-0.05, 0) is 36.8 Å². The molecule has 2 heterocycles. The first-order valence-electron chi connectivity index (χ1n) is 13.2. The quantitative estimate of drug-likeness (QED) is 0.255. The van der Waals surface area contributed by atoms with E-state index < -0.39 is 0 Å². The predicted octanol–water partition coefficient (Wildman–Crippen LogP) is 0.708. The van der Waals surface area contributed by atoms with Crippen molar-refractivity contribution in [1.29, 1.82) is 0 Å². The third kappa shape index (κ3) is 10.3. The smallest absolute Gasteiger partial charge is 0.239 e. The van der Waals surface area contributed by atoms with Crippen molar-refractivity contribution in [3.8, 4) is 0 Å². The summed E-state index contributed by atoms with van der Waals surface area (Å²) in [5.41, 5.74) is 14.5. The van der Waals surface area contributed by atoms with Crippen LogP contribution in [0, 0.1) is 0 Å². The molecular weight excluding hydrogens is 544 g/mol. The summed E-state index contributed by atoms with van der Waals surface area (Å²) >= 11 is 0. The molecule has 2 aliphatic heterocycles. The molecule has 0 fully saturated rings. The largest absolute Gasteiger partial charge is 0.370 e. The van der Waals surface area contributed by atoms with Crippen molar-refractivity contribution in [2.75, 3.05) is 39.3 Å². The lowest BCUT2D eigenvalue weighted by molar-refractivity contribution is -0.122. The number of carbonyl (C=O) groups is 2. The number of amides is 2. The monoisotopic (exact) mass is 586 g/mol. The molecule has 4 rings (SSSR count). The number of hydrogen-bond donors (Lipinski definition) is 4. The Morgan fingerprint density at radius 1 is 0.700 bits per heavy atom. The summed E-state index contributed by atoms with van der Waals surface area (Å²) in [6.07, 6.45) is 3.13. The van der Waals surface area contributed by atoms with Gasteiger partial charge in [0.15, 0.2) is 11.9 Å². The van der Waals surface area contributed by atoms with Gasteiger partial charge in [-0.15, -0.1) is 0 Å². The number of unbranched alkanes of at least 4 members (excludes halogenated alkanes) is 1. The van der Waals surface area contributed by atoms with Gasteiger partial charge in [-0.2, -0.15) is 27.0 Å². The molecule has 0 aliphatic carbocycles. The van der Waals surface area contributed by atoms with Crippen LogP contribution in [0.5, 0.6) is 0 Å². The molecule has 2 aromatic rings. The van der Waals surface area contributed by atoms with Gasteiger partial charge in [0.05, 0.1) is 25.2 Å². The van der Waals surface area contributed by atoms with Gasteiger partial charge in [0.25, 0.3) is 0 Å². The zero-order valence-electron chi connectivity index (χ0n) is 22.8. The molecule has 0 radical (unpaired) electrons. The normalized spacial score (nSPS) is 17.8. The number of nitrogens with one attached hydrogen (secondary N) is 2. The zero-order chi connectivity index (χ0) is 26.7. The van der Waals surface area contributed by atoms with E-state index in [1.165, 1.54) is 11.1 Å². The van der Waals surface area contributed by atoms with E-state index in [2.05, 4.69) is 44.9 Å². The molecule has 2 aromatic carbocycles. The second-order valence-corrected chi connectivity index (χ2v) is 9.83. The van der Waals surface area contributed by atoms with Gasteiger partial charge >= 0.3 is 0 Å². The lowest BCUT2D eigenvalue weighted by Gasteiger charge is -2.18. The van der Waals surface area contributed by atoms with Crippen LogP contribution in [0.15, 0.2) is 70.6 Å². The van der Waals surface area contributed by atoms with Gasteiger partial charge in [-0.25, -0.2) is 9.98 Å². The van der Waals surface area contributed by atoms with Crippen LogP contribution in [-0.4, -0.2) is 84.9 Å². The Morgan fingerprint density at radius 2 is 1.07 bits per heavy atom. The van der Waals surface area contributed by atoms with Gasteiger partial charge in [-0.3, -0.25) is 9.59 Å². The molecule has 10 nitrogen and oxygen atoms in total. The van der Waals surface area contributed by atoms with Crippen LogP contribution in [0.25, 0.3) is 0 Å². The molecule has 2 amide bonds. The lowest BCUT2D eigenvalue weighted by atomic mass is 10.1. The van der Waals surface area contributed by atoms with E-state index in [0.717, 1.165) is 25.7 Å². The highest BCUT2D eigenvalue weighted by molar-refractivity contribution is 7.59. The first-order valence-corrected chi connectivity index (χ1v) is 13.2. The van der Waals surface area contributed by atoms with Crippen molar-refractivity contribution in [3.63, 3.8) is 0 Å². The number of carbonyl (C=O) groups excluding carboxylic acids is 2. The van der Waals surface area contributed by atoms with Crippen LogP contribution in [0.1, 0.15) is 24.0 Å². The number of hydrogen-bond acceptors (Lipinski definition) is 8. The second kappa shape index (κ2) is 16.7. The summed E-state index contributed by atoms with van der Waals surface area (Å²) in [5, 5.41) is 5.86. The van der Waals surface area contributed by atoms with Gasteiger partial charge in [-0.1, -0.05) is 60.7 Å². The molecule has 218 valence electrons. The second-order valence-electron chi connectivity index (χ2n) is 9.83. The summed E-state index contributed by atoms with van der Waals surface area (Å²) in [5.74, 6) is 0.667. The Morgan fingerprint density at radius 3 is 1.45 bits per heavy atom. The average molecular weight is 587 g/mol. The van der Waals surface area contributed by atoms with Crippen LogP contribution in [-0.2, 0) is 22.4 Å². The fraction of sp³-hybridized carbons (Fsp3) is 0.429. The number of rotatable bonds is 13. The van der Waals surface area contributed by atoms with Crippen LogP contribution in [0.2, 0.25) is 0 Å². The van der Waals surface area contributed by atoms with Gasteiger partial charge in [0, 0.05) is 26.2 Å². The highest BCUT2D eigenvalue weighted by Crippen LogP contribution is 2.14. The molecule has 0 saturated heterocycles. The van der Waals surface area contributed by atoms with Crippen molar-refractivity contribution >= 4 is 50.7 Å². The fourth-order valence-corrected chi connectivity index (χ4v) is 4.76. The summed E-state index contributed by atoms with van der Waals surface area (Å²) < 4.78 is 0. The van der Waals surface area contributed by atoms with E-state index >= 15 is 0 Å². The van der Waals surface area contributed by atoms with Crippen molar-refractivity contribution in [2.24, 2.45) is 21.5 Å². The number of nitrogens with zero attached hydrogens (tertiary/aromatic N) is 4. The SMILES string of the molecule is NC1=N[C@@H](Cc2ccccc2)CN1CC(=O)NCCCCNC(=O)CN1C[C@H](Cc2ccccc2)N=C1N.S.S. The molecule has 12 heteroatoms. The Balaban J connectivity index is 0.00000280. The summed E-state index contributed by atoms with van der Waals surface area (Å²) in [7, 11) is 0. The molecule has 0 saturated carbocycles. The lowest BCUT2D eigenvalue weighted by Crippen LogP contribution is -2.43. The van der Waals surface area contributed by atoms with Crippen LogP contribution in [0.4, 0.5) is 0 Å². The Labute approximate surface area is 250 Å². The van der Waals surface area contributed by atoms with Crippen molar-refractivity contribution < 1.29 is 9.59 Å². The van der Waals surface area contributed by atoms with Crippen LogP contribution >= 0.6 is 27.0 Å². The summed E-state index contributed by atoms with van der Waals surface area (Å²) in [6.45, 7) is 2.75. The maximum absolute atomic E-state index is 12.4. The minimum Gasteiger partial charge on any atom is -0.370 e. The highest BCUT2D eigenvalue weighted by Gasteiger charge is 2.26. The number of aliphatic imine (C=N–C) groups is 2. The minimum atomic E-state index is -0.0820. The maximum Gasteiger partial charge on any atom is 0.239 e. The number of nitrogens with two attached hydrogens (primary N) is 2. The van der Waals surface area contributed by atoms with Gasteiger partial charge < -0.3 is 31.9 Å². The number of benzene rings is 2. The van der Waals surface area contributed by atoms with Crippen LogP contribution < -0.4 is 22.1 Å². The fourth-order valence-electron chi connectivity index (χ4n) is 4.76. The van der Waals surface area contributed by atoms with E-state index in [1.54, 1.807) is 0 Å². The molecule has 0 spiro atoms. The molecule has 2 atom stereocenters. The highest BCUT2D eigenvalue weighted by atomic mass is 32.1. The zero-order valence-corrected chi connectivity index (χ0v) is 24.8. The summed E-state index contributed by atoms with van der Waals surface area (Å²) in [6, 6.07) is 20.4. The molecule has 6 N–H and O–H groups in total. The Kier molecular flexibility index (Phi) is 13.7. The molecule has 2 aliphatic rings. The third-order valence-corrected chi connectivity index (χ3v) is 6.69. The van der Waals surface area contributed by atoms with Gasteiger partial charge in [0.2, 0.25) is 11.8 Å². The Hall–Kier alpha value is -3.38. The van der Waals surface area contributed by atoms with E-state index in [-0.39, 0.29) is 64.0 Å². The van der Waals surface area contributed by atoms with Crippen molar-refractivity contribution in [3.05, 3.63) is 71.8 Å². The first-order chi connectivity index (χ1) is 18.5. The average Bonchev–Trinajstić information content (AvgIpc) is 3.42. The van der Waals surface area contributed by atoms with Crippen molar-refractivity contribution in [2.45, 2.75) is 37.8 Å². The standard InChI is InChI=1S/C28H38N8O2.2H2S/c29-27-33-23(15-21-9-3-1-4-10-21)17-35(27)19-25(37)31-13-7-8-14-32-26(38)20-36-18-24(34-28(36)30)16-22-11-5-2-6-12-22;;/h1-6,9-12,23-24H,7-8,13-20H2,(H2,29,33)(H2,30,34)(H,31,37)(H,32,38);2*1H2/t23-,24-;;/m0../s1. The topological polar surface area (TPSA) is 141 Å². The van der Waals surface area contributed by atoms with Crippen molar-refractivity contribution in [1.82, 2.24) is 20.4 Å². The van der Waals surface area contributed by atoms with E-state index in [0.29, 0.717) is 38.1 Å². The molecule has 40 heavy (non-hydrogen) atoms. The predicted molar refractivity (Wildman–Crippen MR) is 170 cm³/mol. The maximum atomic E-state index is 12.4. The van der Waals surface area contributed by atoms with Crippen LogP contribution in [0.3, 0.4) is 0 Å². The van der Waals surface area contributed by atoms with E-state index in [4.69, 9.17) is 11.5 Å². The number of guanidine groups is 2. The van der Waals surface area contributed by atoms with Gasteiger partial charge in [0.1, 0.15) is 0 Å². The first kappa shape index (κ1) is 32.8. The third-order valence-electron chi connectivity index (χ3n) is 6.69. The molecule has 0 bridgehead atoms. The minimum absolute atomic E-state index is 0. The van der Waals surface area contributed by atoms with E-state index in [9.17, 15) is 9.59 Å². The Bertz CT molecular complexity index is 1040. The van der Waals surface area contributed by atoms with E-state index in [1.807, 2.05) is 46.2 Å². The summed E-state index contributed by atoms with van der Waals surface area (Å²) in [4.78, 5) is 37.4. The molecular formula is C28H42N8O2S2.